The number of aromatic nitrogens is 1. The van der Waals surface area contributed by atoms with Crippen molar-refractivity contribution < 1.29 is 0 Å². The Morgan fingerprint density at radius 2 is 1.93 bits per heavy atom. The summed E-state index contributed by atoms with van der Waals surface area (Å²) >= 11 is 0. The number of rotatable bonds is 3. The monoisotopic (exact) mass is 205 g/mol. The van der Waals surface area contributed by atoms with Gasteiger partial charge in [0.1, 0.15) is 0 Å². The van der Waals surface area contributed by atoms with Crippen LogP contribution in [0.2, 0.25) is 0 Å². The first-order valence-corrected chi connectivity index (χ1v) is 5.80. The van der Waals surface area contributed by atoms with E-state index in [9.17, 15) is 0 Å². The molecule has 0 aromatic carbocycles. The van der Waals surface area contributed by atoms with E-state index in [0.29, 0.717) is 17.3 Å². The third kappa shape index (κ3) is 3.65. The van der Waals surface area contributed by atoms with Crippen molar-refractivity contribution >= 4 is 0 Å². The molecule has 0 unspecified atom stereocenters. The van der Waals surface area contributed by atoms with E-state index in [0.717, 1.165) is 6.42 Å². The van der Waals surface area contributed by atoms with Crippen LogP contribution in [0.25, 0.3) is 0 Å². The molecule has 1 heterocycles. The molecule has 1 atom stereocenters. The molecule has 1 heteroatoms. The lowest BCUT2D eigenvalue weighted by molar-refractivity contribution is 0.177. The summed E-state index contributed by atoms with van der Waals surface area (Å²) in [5.41, 5.74) is 1.72. The molecule has 0 aliphatic rings. The zero-order chi connectivity index (χ0) is 11.5. The summed E-state index contributed by atoms with van der Waals surface area (Å²) < 4.78 is 0. The van der Waals surface area contributed by atoms with E-state index in [-0.39, 0.29) is 0 Å². The van der Waals surface area contributed by atoms with Crippen LogP contribution >= 0.6 is 0 Å². The Balaban J connectivity index is 2.77. The van der Waals surface area contributed by atoms with Crippen LogP contribution in [0.4, 0.5) is 0 Å². The number of hydrogen-bond donors (Lipinski definition) is 0. The van der Waals surface area contributed by atoms with E-state index in [1.54, 1.807) is 0 Å². The topological polar surface area (TPSA) is 12.9 Å². The Kier molecular flexibility index (Phi) is 3.90. The molecule has 0 aliphatic carbocycles. The predicted molar refractivity (Wildman–Crippen MR) is 65.7 cm³/mol. The van der Waals surface area contributed by atoms with Gasteiger partial charge in [-0.2, -0.15) is 0 Å². The molecule has 0 radical (unpaired) electrons. The molecule has 1 aromatic heterocycles. The average molecular weight is 205 g/mol. The Morgan fingerprint density at radius 1 is 1.27 bits per heavy atom. The third-order valence-electron chi connectivity index (χ3n) is 3.10. The second kappa shape index (κ2) is 4.78. The third-order valence-corrected chi connectivity index (χ3v) is 3.10. The van der Waals surface area contributed by atoms with E-state index < -0.39 is 0 Å². The van der Waals surface area contributed by atoms with Crippen LogP contribution in [-0.4, -0.2) is 4.98 Å². The summed E-state index contributed by atoms with van der Waals surface area (Å²) in [6.07, 6.45) is 4.96. The lowest BCUT2D eigenvalue weighted by atomic mass is 9.71. The SMILES string of the molecule is CC(C)[C@H](Cc1cccnc1)C(C)(C)C. The van der Waals surface area contributed by atoms with Gasteiger partial charge in [0.05, 0.1) is 0 Å². The minimum absolute atomic E-state index is 0.365. The lowest BCUT2D eigenvalue weighted by Gasteiger charge is -2.34. The highest BCUT2D eigenvalue weighted by Gasteiger charge is 2.27. The summed E-state index contributed by atoms with van der Waals surface area (Å²) in [5, 5.41) is 0. The molecule has 15 heavy (non-hydrogen) atoms. The van der Waals surface area contributed by atoms with Crippen molar-refractivity contribution in [1.29, 1.82) is 0 Å². The molecule has 0 amide bonds. The maximum Gasteiger partial charge on any atom is 0.0299 e. The largest absolute Gasteiger partial charge is 0.264 e. The van der Waals surface area contributed by atoms with Gasteiger partial charge in [0.25, 0.3) is 0 Å². The molecule has 0 bridgehead atoms. The molecular weight excluding hydrogens is 182 g/mol. The summed E-state index contributed by atoms with van der Waals surface area (Å²) in [6.45, 7) is 11.6. The van der Waals surface area contributed by atoms with Crippen LogP contribution in [-0.2, 0) is 6.42 Å². The average Bonchev–Trinajstić information content (AvgIpc) is 2.13. The van der Waals surface area contributed by atoms with Gasteiger partial charge in [0.15, 0.2) is 0 Å². The van der Waals surface area contributed by atoms with Crippen LogP contribution in [0.5, 0.6) is 0 Å². The lowest BCUT2D eigenvalue weighted by Crippen LogP contribution is -2.27. The van der Waals surface area contributed by atoms with Crippen LogP contribution in [0.1, 0.15) is 40.2 Å². The van der Waals surface area contributed by atoms with Gasteiger partial charge in [0, 0.05) is 12.4 Å². The van der Waals surface area contributed by atoms with E-state index in [1.807, 2.05) is 18.5 Å². The Bertz CT molecular complexity index is 282. The first-order valence-electron chi connectivity index (χ1n) is 5.80. The van der Waals surface area contributed by atoms with Crippen molar-refractivity contribution in [2.75, 3.05) is 0 Å². The maximum absolute atomic E-state index is 4.18. The molecule has 84 valence electrons. The van der Waals surface area contributed by atoms with Crippen molar-refractivity contribution in [2.24, 2.45) is 17.3 Å². The fraction of sp³-hybridized carbons (Fsp3) is 0.643. The van der Waals surface area contributed by atoms with Crippen molar-refractivity contribution in [2.45, 2.75) is 41.0 Å². The summed E-state index contributed by atoms with van der Waals surface area (Å²) in [7, 11) is 0. The number of hydrogen-bond acceptors (Lipinski definition) is 1. The zero-order valence-electron chi connectivity index (χ0n) is 10.6. The Morgan fingerprint density at radius 3 is 2.33 bits per heavy atom. The molecule has 0 saturated heterocycles. The highest BCUT2D eigenvalue weighted by Crippen LogP contribution is 2.34. The number of nitrogens with zero attached hydrogens (tertiary/aromatic N) is 1. The van der Waals surface area contributed by atoms with Crippen LogP contribution in [0, 0.1) is 17.3 Å². The fourth-order valence-electron chi connectivity index (χ4n) is 2.31. The molecule has 0 saturated carbocycles. The van der Waals surface area contributed by atoms with Gasteiger partial charge in [-0.3, -0.25) is 4.98 Å². The van der Waals surface area contributed by atoms with Gasteiger partial charge >= 0.3 is 0 Å². The summed E-state index contributed by atoms with van der Waals surface area (Å²) in [5.74, 6) is 1.42. The second-order valence-corrected chi connectivity index (χ2v) is 5.78. The van der Waals surface area contributed by atoms with Crippen molar-refractivity contribution in [3.8, 4) is 0 Å². The van der Waals surface area contributed by atoms with Crippen LogP contribution in [0.3, 0.4) is 0 Å². The first kappa shape index (κ1) is 12.2. The minimum atomic E-state index is 0.365. The van der Waals surface area contributed by atoms with E-state index in [2.05, 4.69) is 45.7 Å². The smallest absolute Gasteiger partial charge is 0.0299 e. The van der Waals surface area contributed by atoms with Crippen molar-refractivity contribution in [3.63, 3.8) is 0 Å². The second-order valence-electron chi connectivity index (χ2n) is 5.78. The maximum atomic E-state index is 4.18. The highest BCUT2D eigenvalue weighted by atomic mass is 14.6. The van der Waals surface area contributed by atoms with E-state index in [4.69, 9.17) is 0 Å². The van der Waals surface area contributed by atoms with Gasteiger partial charge in [-0.05, 0) is 35.3 Å². The molecule has 0 aliphatic heterocycles. The number of pyridine rings is 1. The Labute approximate surface area is 93.9 Å². The van der Waals surface area contributed by atoms with Gasteiger partial charge in [0.2, 0.25) is 0 Å². The van der Waals surface area contributed by atoms with E-state index >= 15 is 0 Å². The summed E-state index contributed by atoms with van der Waals surface area (Å²) in [4.78, 5) is 4.18. The normalized spacial score (nSPS) is 14.3. The van der Waals surface area contributed by atoms with Crippen LogP contribution in [0.15, 0.2) is 24.5 Å². The van der Waals surface area contributed by atoms with Gasteiger partial charge in [-0.25, -0.2) is 0 Å². The highest BCUT2D eigenvalue weighted by molar-refractivity contribution is 5.10. The standard InChI is InChI=1S/C14H23N/c1-11(2)13(14(3,4)5)9-12-7-6-8-15-10-12/h6-8,10-11,13H,9H2,1-5H3/t13-/m0/s1. The summed E-state index contributed by atoms with van der Waals surface area (Å²) in [6, 6.07) is 4.20. The molecule has 1 aromatic rings. The molecule has 0 N–H and O–H groups in total. The van der Waals surface area contributed by atoms with Gasteiger partial charge < -0.3 is 0 Å². The predicted octanol–water partition coefficient (Wildman–Crippen LogP) is 3.94. The molecule has 0 spiro atoms. The first-order chi connectivity index (χ1) is 6.91. The molecule has 1 rings (SSSR count). The minimum Gasteiger partial charge on any atom is -0.264 e. The van der Waals surface area contributed by atoms with Gasteiger partial charge in [-0.15, -0.1) is 0 Å². The molecule has 0 fully saturated rings. The fourth-order valence-corrected chi connectivity index (χ4v) is 2.31. The quantitative estimate of drug-likeness (QED) is 0.728. The molecule has 1 nitrogen and oxygen atoms in total. The Hall–Kier alpha value is -0.850. The van der Waals surface area contributed by atoms with Crippen molar-refractivity contribution in [3.05, 3.63) is 30.1 Å². The van der Waals surface area contributed by atoms with Gasteiger partial charge in [-0.1, -0.05) is 40.7 Å². The van der Waals surface area contributed by atoms with Crippen molar-refractivity contribution in [1.82, 2.24) is 4.98 Å². The van der Waals surface area contributed by atoms with E-state index in [1.165, 1.54) is 5.56 Å². The van der Waals surface area contributed by atoms with Crippen LogP contribution < -0.4 is 0 Å². The zero-order valence-corrected chi connectivity index (χ0v) is 10.6. The molecular formula is C14H23N.